The number of carbonyl (C=O) groups is 4. The number of amides is 5. The van der Waals surface area contributed by atoms with Crippen molar-refractivity contribution in [3.8, 4) is 0 Å². The van der Waals surface area contributed by atoms with Crippen molar-refractivity contribution in [1.29, 1.82) is 0 Å². The molecular weight excluding hydrogens is 408 g/mol. The van der Waals surface area contributed by atoms with Crippen LogP contribution in [0.1, 0.15) is 49.4 Å². The maximum Gasteiger partial charge on any atom is 0.325 e. The maximum atomic E-state index is 13.4. The van der Waals surface area contributed by atoms with Crippen molar-refractivity contribution in [3.05, 3.63) is 35.9 Å². The smallest absolute Gasteiger partial charge is 0.325 e. The Kier molecular flexibility index (Phi) is 5.18. The molecule has 4 fully saturated rings. The lowest BCUT2D eigenvalue weighted by Crippen LogP contribution is -2.56. The summed E-state index contributed by atoms with van der Waals surface area (Å²) < 4.78 is 0. The van der Waals surface area contributed by atoms with E-state index in [1.807, 2.05) is 23.1 Å². The van der Waals surface area contributed by atoms with E-state index >= 15 is 0 Å². The Morgan fingerprint density at radius 1 is 0.969 bits per heavy atom. The fourth-order valence-electron chi connectivity index (χ4n) is 5.41. The topological polar surface area (TPSA) is 90.0 Å². The van der Waals surface area contributed by atoms with Crippen LogP contribution in [0, 0.1) is 11.8 Å². The van der Waals surface area contributed by atoms with Crippen LogP contribution in [0.15, 0.2) is 30.3 Å². The number of rotatable bonds is 3. The third-order valence-corrected chi connectivity index (χ3v) is 7.69. The molecule has 3 aliphatic heterocycles. The summed E-state index contributed by atoms with van der Waals surface area (Å²) in [5, 5.41) is 2.95. The molecule has 1 aromatic rings. The van der Waals surface area contributed by atoms with E-state index in [0.29, 0.717) is 63.3 Å². The van der Waals surface area contributed by atoms with Crippen molar-refractivity contribution >= 4 is 23.8 Å². The van der Waals surface area contributed by atoms with Gasteiger partial charge in [0.2, 0.25) is 5.91 Å². The highest BCUT2D eigenvalue weighted by Gasteiger charge is 2.55. The Labute approximate surface area is 187 Å². The molecule has 1 aliphatic carbocycles. The summed E-state index contributed by atoms with van der Waals surface area (Å²) >= 11 is 0. The first kappa shape index (κ1) is 21.0. The van der Waals surface area contributed by atoms with Gasteiger partial charge in [0.1, 0.15) is 5.54 Å². The van der Waals surface area contributed by atoms with E-state index < -0.39 is 5.54 Å². The number of benzene rings is 1. The first-order chi connectivity index (χ1) is 15.4. The molecule has 1 saturated carbocycles. The van der Waals surface area contributed by atoms with Crippen molar-refractivity contribution in [1.82, 2.24) is 20.0 Å². The maximum absolute atomic E-state index is 13.4. The highest BCUT2D eigenvalue weighted by molar-refractivity contribution is 6.07. The van der Waals surface area contributed by atoms with Gasteiger partial charge in [0, 0.05) is 43.7 Å². The van der Waals surface area contributed by atoms with Gasteiger partial charge in [0.05, 0.1) is 0 Å². The van der Waals surface area contributed by atoms with Gasteiger partial charge in [-0.15, -0.1) is 0 Å². The number of hydrogen-bond acceptors (Lipinski definition) is 4. The number of likely N-dealkylation sites (tertiary alicyclic amines) is 2. The van der Waals surface area contributed by atoms with Crippen LogP contribution in [-0.4, -0.2) is 76.2 Å². The van der Waals surface area contributed by atoms with E-state index in [1.54, 1.807) is 17.0 Å². The summed E-state index contributed by atoms with van der Waals surface area (Å²) in [6.07, 6.45) is 3.06. The number of piperidine rings is 2. The number of urea groups is 1. The lowest BCUT2D eigenvalue weighted by atomic mass is 9.86. The number of hydrogen-bond donors (Lipinski definition) is 1. The van der Waals surface area contributed by atoms with Gasteiger partial charge in [-0.25, -0.2) is 4.79 Å². The van der Waals surface area contributed by atoms with E-state index in [4.69, 9.17) is 0 Å². The Hall–Kier alpha value is -2.90. The zero-order valence-corrected chi connectivity index (χ0v) is 18.5. The number of nitrogens with one attached hydrogen (secondary N) is 1. The van der Waals surface area contributed by atoms with Crippen LogP contribution >= 0.6 is 0 Å². The van der Waals surface area contributed by atoms with E-state index in [-0.39, 0.29) is 35.7 Å². The molecule has 3 saturated heterocycles. The van der Waals surface area contributed by atoms with Gasteiger partial charge in [-0.05, 0) is 50.2 Å². The lowest BCUT2D eigenvalue weighted by molar-refractivity contribution is -0.137. The minimum atomic E-state index is -0.916. The zero-order chi connectivity index (χ0) is 22.5. The Morgan fingerprint density at radius 3 is 2.19 bits per heavy atom. The lowest BCUT2D eigenvalue weighted by Gasteiger charge is -2.39. The second-order valence-corrected chi connectivity index (χ2v) is 9.72. The van der Waals surface area contributed by atoms with Crippen molar-refractivity contribution < 1.29 is 19.2 Å². The van der Waals surface area contributed by atoms with E-state index in [2.05, 4.69) is 12.2 Å². The molecule has 0 bridgehead atoms. The van der Waals surface area contributed by atoms with Gasteiger partial charge >= 0.3 is 6.03 Å². The number of imide groups is 1. The Bertz CT molecular complexity index is 933. The molecule has 2 atom stereocenters. The van der Waals surface area contributed by atoms with Crippen molar-refractivity contribution in [2.24, 2.45) is 11.8 Å². The van der Waals surface area contributed by atoms with Crippen molar-refractivity contribution in [2.75, 3.05) is 26.2 Å². The van der Waals surface area contributed by atoms with Gasteiger partial charge < -0.3 is 15.1 Å². The minimum Gasteiger partial charge on any atom is -0.342 e. The van der Waals surface area contributed by atoms with E-state index in [1.165, 1.54) is 4.90 Å². The summed E-state index contributed by atoms with van der Waals surface area (Å²) in [7, 11) is 0. The Balaban J connectivity index is 1.19. The molecule has 0 unspecified atom stereocenters. The van der Waals surface area contributed by atoms with Gasteiger partial charge in [-0.1, -0.05) is 25.1 Å². The molecule has 1 aromatic carbocycles. The summed E-state index contributed by atoms with van der Waals surface area (Å²) in [6, 6.07) is 8.61. The molecule has 1 spiro atoms. The highest BCUT2D eigenvalue weighted by Crippen LogP contribution is 2.40. The predicted molar refractivity (Wildman–Crippen MR) is 117 cm³/mol. The normalized spacial score (nSPS) is 27.6. The van der Waals surface area contributed by atoms with Crippen LogP contribution in [0.4, 0.5) is 4.79 Å². The molecule has 32 heavy (non-hydrogen) atoms. The van der Waals surface area contributed by atoms with Gasteiger partial charge in [0.25, 0.3) is 11.8 Å². The molecule has 0 radical (unpaired) electrons. The number of carbonyl (C=O) groups excluding carboxylic acids is 4. The third kappa shape index (κ3) is 3.55. The molecule has 170 valence electrons. The largest absolute Gasteiger partial charge is 0.342 e. The van der Waals surface area contributed by atoms with Gasteiger partial charge in [-0.2, -0.15) is 0 Å². The van der Waals surface area contributed by atoms with E-state index in [0.717, 1.165) is 6.42 Å². The van der Waals surface area contributed by atoms with Crippen molar-refractivity contribution in [3.63, 3.8) is 0 Å². The van der Waals surface area contributed by atoms with Crippen LogP contribution < -0.4 is 5.32 Å². The molecule has 1 N–H and O–H groups in total. The molecule has 3 heterocycles. The van der Waals surface area contributed by atoms with Crippen LogP contribution in [-0.2, 0) is 9.59 Å². The average molecular weight is 439 g/mol. The monoisotopic (exact) mass is 438 g/mol. The van der Waals surface area contributed by atoms with Gasteiger partial charge in [-0.3, -0.25) is 19.3 Å². The minimum absolute atomic E-state index is 0.0453. The zero-order valence-electron chi connectivity index (χ0n) is 18.5. The summed E-state index contributed by atoms with van der Waals surface area (Å²) in [6.45, 7) is 4.15. The Morgan fingerprint density at radius 2 is 1.59 bits per heavy atom. The van der Waals surface area contributed by atoms with Crippen molar-refractivity contribution in [2.45, 2.75) is 50.6 Å². The highest BCUT2D eigenvalue weighted by atomic mass is 16.2. The molecular formula is C24H30N4O4. The van der Waals surface area contributed by atoms with Crippen LogP contribution in [0.2, 0.25) is 0 Å². The first-order valence-corrected chi connectivity index (χ1v) is 11.7. The number of nitrogens with zero attached hydrogens (tertiary/aromatic N) is 3. The second-order valence-electron chi connectivity index (χ2n) is 9.72. The summed E-state index contributed by atoms with van der Waals surface area (Å²) in [5.41, 5.74) is -0.283. The summed E-state index contributed by atoms with van der Waals surface area (Å²) in [5.74, 6) is 0.645. The summed E-state index contributed by atoms with van der Waals surface area (Å²) in [4.78, 5) is 56.4. The fraction of sp³-hybridized carbons (Fsp3) is 0.583. The standard InChI is InChI=1S/C24H30N4O4/c1-16-15-19(16)21(30)26-11-7-18(8-12-26)28-22(31)24(25-23(28)32)9-13-27(14-10-24)20(29)17-5-3-2-4-6-17/h2-6,16,18-19H,7-15H2,1H3,(H,25,32)/t16-,19+/m1/s1. The fourth-order valence-corrected chi connectivity index (χ4v) is 5.41. The van der Waals surface area contributed by atoms with E-state index in [9.17, 15) is 19.2 Å². The second kappa shape index (κ2) is 7.90. The molecule has 8 heteroatoms. The molecule has 8 nitrogen and oxygen atoms in total. The third-order valence-electron chi connectivity index (χ3n) is 7.69. The first-order valence-electron chi connectivity index (χ1n) is 11.7. The van der Waals surface area contributed by atoms with Crippen LogP contribution in [0.25, 0.3) is 0 Å². The molecule has 0 aromatic heterocycles. The SMILES string of the molecule is C[C@@H]1C[C@@H]1C(=O)N1CCC(N2C(=O)NC3(CCN(C(=O)c4ccccc4)CC3)C2=O)CC1. The van der Waals surface area contributed by atoms with Gasteiger partial charge in [0.15, 0.2) is 0 Å². The average Bonchev–Trinajstić information content (AvgIpc) is 3.50. The van der Waals surface area contributed by atoms with Crippen LogP contribution in [0.3, 0.4) is 0 Å². The molecule has 5 rings (SSSR count). The predicted octanol–water partition coefficient (Wildman–Crippen LogP) is 1.86. The van der Waals surface area contributed by atoms with Crippen LogP contribution in [0.5, 0.6) is 0 Å². The quantitative estimate of drug-likeness (QED) is 0.730. The molecule has 5 amide bonds. The molecule has 4 aliphatic rings.